The van der Waals surface area contributed by atoms with E-state index >= 15 is 0 Å². The number of rotatable bonds is 5. The van der Waals surface area contributed by atoms with E-state index in [0.717, 1.165) is 17.9 Å². The van der Waals surface area contributed by atoms with Crippen molar-refractivity contribution in [3.05, 3.63) is 23.8 Å². The summed E-state index contributed by atoms with van der Waals surface area (Å²) in [6, 6.07) is 5.39. The van der Waals surface area contributed by atoms with Crippen LogP contribution in [-0.4, -0.2) is 38.4 Å². The fraction of sp³-hybridized carbons (Fsp3) is 0.417. The molecule has 0 saturated carbocycles. The maximum absolute atomic E-state index is 7.97. The molecule has 0 saturated heterocycles. The fourth-order valence-electron chi connectivity index (χ4n) is 1.39. The van der Waals surface area contributed by atoms with Crippen molar-refractivity contribution < 1.29 is 4.74 Å². The number of benzene rings is 1. The van der Waals surface area contributed by atoms with E-state index in [4.69, 9.17) is 15.9 Å². The highest BCUT2D eigenvalue weighted by atomic mass is 16.5. The summed E-state index contributed by atoms with van der Waals surface area (Å²) in [4.78, 5) is 2.05. The number of nitrogens with one attached hydrogen (secondary N) is 1. The lowest BCUT2D eigenvalue weighted by Gasteiger charge is -2.12. The molecule has 1 aromatic rings. The predicted molar refractivity (Wildman–Crippen MR) is 67.4 cm³/mol. The molecule has 0 atom stereocenters. The maximum atomic E-state index is 7.97. The topological polar surface area (TPSA) is 62.3 Å². The zero-order valence-corrected chi connectivity index (χ0v) is 10.1. The minimum Gasteiger partial charge on any atom is -0.497 e. The zero-order chi connectivity index (χ0) is 12.1. The van der Waals surface area contributed by atoms with Crippen molar-refractivity contribution in [2.75, 3.05) is 33.5 Å². The summed E-state index contributed by atoms with van der Waals surface area (Å²) in [5, 5.41) is 7.97. The number of nitrogen functional groups attached to an aromatic ring is 1. The van der Waals surface area contributed by atoms with E-state index in [1.54, 1.807) is 19.2 Å². The molecular formula is C12H19N3O. The Morgan fingerprint density at radius 3 is 2.69 bits per heavy atom. The van der Waals surface area contributed by atoms with Crippen LogP contribution in [0.3, 0.4) is 0 Å². The Balaban J connectivity index is 2.81. The molecule has 0 fully saturated rings. The van der Waals surface area contributed by atoms with Gasteiger partial charge in [-0.15, -0.1) is 0 Å². The summed E-state index contributed by atoms with van der Waals surface area (Å²) in [5.41, 5.74) is 7.78. The van der Waals surface area contributed by atoms with E-state index in [-0.39, 0.29) is 0 Å². The van der Waals surface area contributed by atoms with Gasteiger partial charge in [0, 0.05) is 29.9 Å². The third kappa shape index (κ3) is 3.24. The molecule has 0 bridgehead atoms. The van der Waals surface area contributed by atoms with Crippen LogP contribution < -0.4 is 10.5 Å². The molecule has 0 spiro atoms. The SMILES string of the molecule is COc1ccc(N)c(C(=N)CCN(C)C)c1. The van der Waals surface area contributed by atoms with Crippen molar-refractivity contribution in [3.63, 3.8) is 0 Å². The van der Waals surface area contributed by atoms with Gasteiger partial charge in [0.2, 0.25) is 0 Å². The van der Waals surface area contributed by atoms with Crippen LogP contribution in [-0.2, 0) is 0 Å². The Morgan fingerprint density at radius 1 is 1.44 bits per heavy atom. The molecule has 4 heteroatoms. The lowest BCUT2D eigenvalue weighted by molar-refractivity contribution is 0.414. The van der Waals surface area contributed by atoms with Crippen LogP contribution in [0.1, 0.15) is 12.0 Å². The summed E-state index contributed by atoms with van der Waals surface area (Å²) in [6.07, 6.45) is 0.685. The molecule has 16 heavy (non-hydrogen) atoms. The second kappa shape index (κ2) is 5.51. The summed E-state index contributed by atoms with van der Waals surface area (Å²) in [6.45, 7) is 0.843. The van der Waals surface area contributed by atoms with Gasteiger partial charge in [-0.2, -0.15) is 0 Å². The highest BCUT2D eigenvalue weighted by molar-refractivity contribution is 6.03. The fourth-order valence-corrected chi connectivity index (χ4v) is 1.39. The van der Waals surface area contributed by atoms with Gasteiger partial charge in [0.05, 0.1) is 7.11 Å². The lowest BCUT2D eigenvalue weighted by atomic mass is 10.0. The normalized spacial score (nSPS) is 10.5. The molecular weight excluding hydrogens is 202 g/mol. The number of nitrogens with two attached hydrogens (primary N) is 1. The van der Waals surface area contributed by atoms with Crippen LogP contribution in [0.2, 0.25) is 0 Å². The molecule has 0 aromatic heterocycles. The van der Waals surface area contributed by atoms with Crippen molar-refractivity contribution in [2.45, 2.75) is 6.42 Å². The first-order valence-electron chi connectivity index (χ1n) is 5.20. The van der Waals surface area contributed by atoms with Crippen LogP contribution in [0.4, 0.5) is 5.69 Å². The molecule has 0 radical (unpaired) electrons. The average Bonchev–Trinajstić information content (AvgIpc) is 2.26. The minimum atomic E-state index is 0.546. The highest BCUT2D eigenvalue weighted by Crippen LogP contribution is 2.20. The molecule has 1 rings (SSSR count). The molecule has 0 heterocycles. The Hall–Kier alpha value is -1.55. The van der Waals surface area contributed by atoms with E-state index < -0.39 is 0 Å². The first-order valence-corrected chi connectivity index (χ1v) is 5.20. The number of hydrogen-bond acceptors (Lipinski definition) is 4. The van der Waals surface area contributed by atoms with Crippen LogP contribution in [0.15, 0.2) is 18.2 Å². The Bertz CT molecular complexity index is 375. The van der Waals surface area contributed by atoms with Gasteiger partial charge < -0.3 is 20.8 Å². The minimum absolute atomic E-state index is 0.546. The molecule has 0 aliphatic carbocycles. The molecule has 88 valence electrons. The largest absolute Gasteiger partial charge is 0.497 e. The van der Waals surface area contributed by atoms with Crippen LogP contribution >= 0.6 is 0 Å². The molecule has 0 amide bonds. The first kappa shape index (κ1) is 12.5. The van der Waals surface area contributed by atoms with Crippen molar-refractivity contribution in [3.8, 4) is 5.75 Å². The third-order valence-electron chi connectivity index (χ3n) is 2.39. The monoisotopic (exact) mass is 221 g/mol. The van der Waals surface area contributed by atoms with E-state index in [2.05, 4.69) is 0 Å². The number of hydrogen-bond donors (Lipinski definition) is 2. The van der Waals surface area contributed by atoms with Crippen molar-refractivity contribution in [1.29, 1.82) is 5.41 Å². The average molecular weight is 221 g/mol. The van der Waals surface area contributed by atoms with Gasteiger partial charge in [0.25, 0.3) is 0 Å². The predicted octanol–water partition coefficient (Wildman–Crippen LogP) is 1.60. The molecule has 4 nitrogen and oxygen atoms in total. The molecule has 0 aliphatic heterocycles. The van der Waals surface area contributed by atoms with Crippen molar-refractivity contribution in [2.24, 2.45) is 0 Å². The summed E-state index contributed by atoms with van der Waals surface area (Å²) in [7, 11) is 5.59. The molecule has 0 unspecified atom stereocenters. The van der Waals surface area contributed by atoms with Gasteiger partial charge in [-0.3, -0.25) is 0 Å². The third-order valence-corrected chi connectivity index (χ3v) is 2.39. The van der Waals surface area contributed by atoms with Gasteiger partial charge in [-0.1, -0.05) is 0 Å². The Labute approximate surface area is 96.5 Å². The summed E-state index contributed by atoms with van der Waals surface area (Å²) in [5.74, 6) is 0.735. The first-order chi connectivity index (χ1) is 7.54. The summed E-state index contributed by atoms with van der Waals surface area (Å²) < 4.78 is 5.12. The number of anilines is 1. The van der Waals surface area contributed by atoms with Crippen LogP contribution in [0.5, 0.6) is 5.75 Å². The molecule has 3 N–H and O–H groups in total. The highest BCUT2D eigenvalue weighted by Gasteiger charge is 2.07. The van der Waals surface area contributed by atoms with E-state index in [1.165, 1.54) is 0 Å². The quantitative estimate of drug-likeness (QED) is 0.586. The molecule has 1 aromatic carbocycles. The van der Waals surface area contributed by atoms with Gasteiger partial charge >= 0.3 is 0 Å². The lowest BCUT2D eigenvalue weighted by Crippen LogP contribution is -2.17. The van der Waals surface area contributed by atoms with Crippen LogP contribution in [0, 0.1) is 5.41 Å². The second-order valence-corrected chi connectivity index (χ2v) is 3.99. The standard InChI is InChI=1S/C12H19N3O/c1-15(2)7-6-12(14)10-8-9(16-3)4-5-11(10)13/h4-5,8,14H,6-7,13H2,1-3H3. The van der Waals surface area contributed by atoms with Gasteiger partial charge in [-0.25, -0.2) is 0 Å². The Kier molecular flexibility index (Phi) is 4.31. The van der Waals surface area contributed by atoms with Gasteiger partial charge in [-0.05, 0) is 32.3 Å². The van der Waals surface area contributed by atoms with E-state index in [0.29, 0.717) is 17.8 Å². The molecule has 0 aliphatic rings. The van der Waals surface area contributed by atoms with Gasteiger partial charge in [0.1, 0.15) is 5.75 Å². The zero-order valence-electron chi connectivity index (χ0n) is 10.1. The number of methoxy groups -OCH3 is 1. The Morgan fingerprint density at radius 2 is 2.12 bits per heavy atom. The van der Waals surface area contributed by atoms with E-state index in [9.17, 15) is 0 Å². The van der Waals surface area contributed by atoms with E-state index in [1.807, 2.05) is 25.1 Å². The second-order valence-electron chi connectivity index (χ2n) is 3.99. The number of nitrogens with zero attached hydrogens (tertiary/aromatic N) is 1. The van der Waals surface area contributed by atoms with Crippen LogP contribution in [0.25, 0.3) is 0 Å². The number of ether oxygens (including phenoxy) is 1. The van der Waals surface area contributed by atoms with Gasteiger partial charge in [0.15, 0.2) is 0 Å². The van der Waals surface area contributed by atoms with Crippen molar-refractivity contribution in [1.82, 2.24) is 4.90 Å². The maximum Gasteiger partial charge on any atom is 0.119 e. The van der Waals surface area contributed by atoms with Crippen molar-refractivity contribution >= 4 is 11.4 Å². The smallest absolute Gasteiger partial charge is 0.119 e. The summed E-state index contributed by atoms with van der Waals surface area (Å²) >= 11 is 0.